The molecule has 170 valence electrons. The van der Waals surface area contributed by atoms with Crippen LogP contribution in [0.1, 0.15) is 56.5 Å². The second-order valence-corrected chi connectivity index (χ2v) is 8.28. The van der Waals surface area contributed by atoms with Crippen molar-refractivity contribution in [2.24, 2.45) is 0 Å². The minimum Gasteiger partial charge on any atom is -0.507 e. The Balaban J connectivity index is 2.11. The molecule has 1 aromatic carbocycles. The highest BCUT2D eigenvalue weighted by Gasteiger charge is 2.46. The summed E-state index contributed by atoms with van der Waals surface area (Å²) in [4.78, 5) is 31.8. The fourth-order valence-electron chi connectivity index (χ4n) is 3.83. The van der Waals surface area contributed by atoms with Gasteiger partial charge in [-0.15, -0.1) is 0 Å². The molecule has 1 N–H and O–H groups in total. The van der Waals surface area contributed by atoms with Crippen molar-refractivity contribution in [2.75, 3.05) is 20.3 Å². The number of ether oxygens (including phenoxy) is 2. The summed E-state index contributed by atoms with van der Waals surface area (Å²) >= 11 is 0. The number of likely N-dealkylation sites (tertiary alicyclic amines) is 1. The van der Waals surface area contributed by atoms with Crippen LogP contribution in [0.2, 0.25) is 0 Å². The zero-order valence-corrected chi connectivity index (χ0v) is 19.2. The molecule has 7 heteroatoms. The predicted molar refractivity (Wildman–Crippen MR) is 121 cm³/mol. The molecule has 1 saturated heterocycles. The van der Waals surface area contributed by atoms with Gasteiger partial charge >= 0.3 is 0 Å². The van der Waals surface area contributed by atoms with Crippen molar-refractivity contribution in [3.8, 4) is 5.75 Å². The van der Waals surface area contributed by atoms with E-state index in [0.717, 1.165) is 5.56 Å². The molecule has 1 aliphatic rings. The van der Waals surface area contributed by atoms with E-state index in [0.29, 0.717) is 17.0 Å². The summed E-state index contributed by atoms with van der Waals surface area (Å²) < 4.78 is 11.0. The molecule has 1 fully saturated rings. The highest BCUT2D eigenvalue weighted by molar-refractivity contribution is 6.46. The van der Waals surface area contributed by atoms with Gasteiger partial charge in [0.2, 0.25) is 0 Å². The molecule has 0 aliphatic carbocycles. The first-order chi connectivity index (χ1) is 15.3. The van der Waals surface area contributed by atoms with Gasteiger partial charge in [-0.2, -0.15) is 0 Å². The molecule has 1 atom stereocenters. The first kappa shape index (κ1) is 23.5. The van der Waals surface area contributed by atoms with E-state index < -0.39 is 17.7 Å². The van der Waals surface area contributed by atoms with Crippen molar-refractivity contribution in [2.45, 2.75) is 45.8 Å². The molecule has 1 amide bonds. The van der Waals surface area contributed by atoms with Crippen molar-refractivity contribution in [3.05, 3.63) is 65.0 Å². The molecular formula is C25H30N2O5. The highest BCUT2D eigenvalue weighted by atomic mass is 16.5. The van der Waals surface area contributed by atoms with Gasteiger partial charge in [-0.1, -0.05) is 19.9 Å². The first-order valence-corrected chi connectivity index (χ1v) is 10.8. The number of carbonyl (C=O) groups excluding carboxylic acids is 2. The summed E-state index contributed by atoms with van der Waals surface area (Å²) in [6.07, 6.45) is 1.60. The normalized spacial score (nSPS) is 18.1. The fourth-order valence-corrected chi connectivity index (χ4v) is 3.83. The molecule has 0 spiro atoms. The lowest BCUT2D eigenvalue weighted by Gasteiger charge is -2.25. The maximum absolute atomic E-state index is 13.1. The average molecular weight is 439 g/mol. The van der Waals surface area contributed by atoms with Crippen LogP contribution in [0.25, 0.3) is 5.76 Å². The van der Waals surface area contributed by atoms with Crippen molar-refractivity contribution in [3.63, 3.8) is 0 Å². The monoisotopic (exact) mass is 438 g/mol. The van der Waals surface area contributed by atoms with Crippen LogP contribution >= 0.6 is 0 Å². The number of ketones is 1. The Hall–Kier alpha value is -3.19. The van der Waals surface area contributed by atoms with E-state index >= 15 is 0 Å². The Morgan fingerprint density at radius 2 is 1.91 bits per heavy atom. The van der Waals surface area contributed by atoms with Gasteiger partial charge in [0.05, 0.1) is 31.1 Å². The molecule has 32 heavy (non-hydrogen) atoms. The zero-order valence-electron chi connectivity index (χ0n) is 19.2. The Morgan fingerprint density at radius 3 is 2.50 bits per heavy atom. The minimum atomic E-state index is -0.795. The number of Topliss-reactive ketones (excluding diaryl/α,β-unsaturated/α-hetero) is 1. The van der Waals surface area contributed by atoms with Crippen LogP contribution in [0.15, 0.2) is 48.2 Å². The number of hydrogen-bond acceptors (Lipinski definition) is 6. The Labute approximate surface area is 188 Å². The molecule has 1 aromatic heterocycles. The molecule has 3 rings (SSSR count). The van der Waals surface area contributed by atoms with E-state index in [1.165, 1.54) is 4.90 Å². The largest absolute Gasteiger partial charge is 0.507 e. The maximum atomic E-state index is 13.1. The molecule has 2 aromatic rings. The number of rotatable bonds is 8. The van der Waals surface area contributed by atoms with Gasteiger partial charge in [0.1, 0.15) is 17.6 Å². The second kappa shape index (κ2) is 9.96. The van der Waals surface area contributed by atoms with Gasteiger partial charge in [-0.25, -0.2) is 0 Å². The summed E-state index contributed by atoms with van der Waals surface area (Å²) in [5, 5.41) is 11.2. The van der Waals surface area contributed by atoms with E-state index in [-0.39, 0.29) is 36.5 Å². The van der Waals surface area contributed by atoms with Crippen LogP contribution in [-0.2, 0) is 14.3 Å². The Morgan fingerprint density at radius 1 is 1.16 bits per heavy atom. The van der Waals surface area contributed by atoms with Crippen LogP contribution in [0.5, 0.6) is 5.75 Å². The fraction of sp³-hybridized carbons (Fsp3) is 0.400. The topological polar surface area (TPSA) is 89.0 Å². The standard InChI is InChI=1S/C25H30N2O5/c1-15(2)18-14-17(9-10-20(18)31-5)23(28)21-22(19-8-6-7-11-26-19)27(25(30)24(21)29)12-13-32-16(3)4/h6-11,14-16,22,28H,12-13H2,1-5H3/b23-21-. The summed E-state index contributed by atoms with van der Waals surface area (Å²) in [7, 11) is 1.59. The smallest absolute Gasteiger partial charge is 0.295 e. The number of hydrogen-bond donors (Lipinski definition) is 1. The lowest BCUT2D eigenvalue weighted by atomic mass is 9.94. The van der Waals surface area contributed by atoms with E-state index in [1.54, 1.807) is 49.7 Å². The molecule has 0 radical (unpaired) electrons. The molecule has 7 nitrogen and oxygen atoms in total. The summed E-state index contributed by atoms with van der Waals surface area (Å²) in [6, 6.07) is 9.74. The zero-order chi connectivity index (χ0) is 23.4. The van der Waals surface area contributed by atoms with E-state index in [4.69, 9.17) is 9.47 Å². The molecular weight excluding hydrogens is 408 g/mol. The third-order valence-electron chi connectivity index (χ3n) is 5.42. The minimum absolute atomic E-state index is 0.00567. The predicted octanol–water partition coefficient (Wildman–Crippen LogP) is 4.06. The number of benzene rings is 1. The lowest BCUT2D eigenvalue weighted by Crippen LogP contribution is -2.33. The van der Waals surface area contributed by atoms with Crippen LogP contribution < -0.4 is 4.74 Å². The van der Waals surface area contributed by atoms with Crippen molar-refractivity contribution in [1.29, 1.82) is 0 Å². The van der Waals surface area contributed by atoms with E-state index in [9.17, 15) is 14.7 Å². The van der Waals surface area contributed by atoms with Gasteiger partial charge in [-0.3, -0.25) is 14.6 Å². The SMILES string of the molecule is COc1ccc(/C(O)=C2/C(=O)C(=O)N(CCOC(C)C)C2c2ccccn2)cc1C(C)C. The third-order valence-corrected chi connectivity index (χ3v) is 5.42. The molecule has 0 saturated carbocycles. The van der Waals surface area contributed by atoms with Gasteiger partial charge < -0.3 is 19.5 Å². The average Bonchev–Trinajstić information content (AvgIpc) is 3.03. The van der Waals surface area contributed by atoms with Gasteiger partial charge in [0.25, 0.3) is 11.7 Å². The number of aromatic nitrogens is 1. The Bertz CT molecular complexity index is 1010. The number of methoxy groups -OCH3 is 1. The van der Waals surface area contributed by atoms with Crippen LogP contribution in [0.4, 0.5) is 0 Å². The van der Waals surface area contributed by atoms with E-state index in [2.05, 4.69) is 4.98 Å². The highest BCUT2D eigenvalue weighted by Crippen LogP contribution is 2.39. The first-order valence-electron chi connectivity index (χ1n) is 10.8. The molecule has 1 unspecified atom stereocenters. The Kier molecular flexibility index (Phi) is 7.30. The van der Waals surface area contributed by atoms with Gasteiger partial charge in [0.15, 0.2) is 0 Å². The second-order valence-electron chi connectivity index (χ2n) is 8.28. The van der Waals surface area contributed by atoms with Gasteiger partial charge in [0, 0.05) is 18.3 Å². The number of nitrogens with zero attached hydrogens (tertiary/aromatic N) is 2. The lowest BCUT2D eigenvalue weighted by molar-refractivity contribution is -0.140. The summed E-state index contributed by atoms with van der Waals surface area (Å²) in [5.41, 5.74) is 1.88. The van der Waals surface area contributed by atoms with Crippen LogP contribution in [-0.4, -0.2) is 53.0 Å². The summed E-state index contributed by atoms with van der Waals surface area (Å²) in [5.74, 6) is -0.795. The van der Waals surface area contributed by atoms with Crippen LogP contribution in [0, 0.1) is 0 Å². The maximum Gasteiger partial charge on any atom is 0.295 e. The number of amides is 1. The molecule has 1 aliphatic heterocycles. The summed E-state index contributed by atoms with van der Waals surface area (Å²) in [6.45, 7) is 8.32. The number of carbonyl (C=O) groups is 2. The number of aliphatic hydroxyl groups excluding tert-OH is 1. The third kappa shape index (κ3) is 4.67. The molecule has 0 bridgehead atoms. The quantitative estimate of drug-likeness (QED) is 0.380. The number of aliphatic hydroxyl groups is 1. The van der Waals surface area contributed by atoms with Crippen molar-refractivity contribution in [1.82, 2.24) is 9.88 Å². The van der Waals surface area contributed by atoms with Gasteiger partial charge in [-0.05, 0) is 55.7 Å². The molecule has 2 heterocycles. The van der Waals surface area contributed by atoms with E-state index in [1.807, 2.05) is 27.7 Å². The number of pyridine rings is 1. The van der Waals surface area contributed by atoms with Crippen molar-refractivity contribution >= 4 is 17.4 Å². The van der Waals surface area contributed by atoms with Crippen LogP contribution in [0.3, 0.4) is 0 Å². The van der Waals surface area contributed by atoms with Crippen molar-refractivity contribution < 1.29 is 24.2 Å².